The molecule has 2 heterocycles. The molecule has 3 aromatic rings. The van der Waals surface area contributed by atoms with E-state index in [1.807, 2.05) is 5.38 Å². The summed E-state index contributed by atoms with van der Waals surface area (Å²) in [7, 11) is 0. The molecule has 0 atom stereocenters. The smallest absolute Gasteiger partial charge is 0.180 e. The summed E-state index contributed by atoms with van der Waals surface area (Å²) in [5.74, 6) is -1.20. The monoisotopic (exact) mass is 266 g/mol. The number of nitrogens with two attached hydrogens (primary N) is 1. The highest BCUT2D eigenvalue weighted by Crippen LogP contribution is 2.19. The number of halogens is 2. The molecule has 0 saturated carbocycles. The molecule has 0 spiro atoms. The fraction of sp³-hybridized carbons (Fsp3) is 0.0909. The van der Waals surface area contributed by atoms with Crippen molar-refractivity contribution in [2.24, 2.45) is 0 Å². The van der Waals surface area contributed by atoms with Crippen molar-refractivity contribution in [3.05, 3.63) is 40.7 Å². The first-order chi connectivity index (χ1) is 8.61. The van der Waals surface area contributed by atoms with Crippen molar-refractivity contribution in [3.63, 3.8) is 0 Å². The molecule has 0 aliphatic rings. The topological polar surface area (TPSA) is 67.6 Å². The fourth-order valence-electron chi connectivity index (χ4n) is 1.72. The Bertz CT molecular complexity index is 680. The van der Waals surface area contributed by atoms with Crippen LogP contribution in [0, 0.1) is 11.6 Å². The quantitative estimate of drug-likeness (QED) is 0.748. The van der Waals surface area contributed by atoms with E-state index >= 15 is 0 Å². The van der Waals surface area contributed by atoms with Crippen LogP contribution in [0.2, 0.25) is 0 Å². The molecule has 0 amide bonds. The molecule has 0 bridgehead atoms. The summed E-state index contributed by atoms with van der Waals surface area (Å²) >= 11 is 1.34. The van der Waals surface area contributed by atoms with Gasteiger partial charge in [0.25, 0.3) is 0 Å². The number of aromatic amines is 1. The number of imidazole rings is 1. The first-order valence-electron chi connectivity index (χ1n) is 5.15. The molecule has 18 heavy (non-hydrogen) atoms. The van der Waals surface area contributed by atoms with Crippen LogP contribution >= 0.6 is 11.3 Å². The van der Waals surface area contributed by atoms with Crippen LogP contribution < -0.4 is 5.73 Å². The average Bonchev–Trinajstić information content (AvgIpc) is 2.86. The minimum atomic E-state index is -0.904. The summed E-state index contributed by atoms with van der Waals surface area (Å²) < 4.78 is 26.1. The molecule has 3 N–H and O–H groups in total. The molecule has 1 aromatic carbocycles. The molecule has 3 rings (SSSR count). The third-order valence-electron chi connectivity index (χ3n) is 2.49. The number of hydrogen-bond acceptors (Lipinski definition) is 4. The van der Waals surface area contributed by atoms with Crippen molar-refractivity contribution in [3.8, 4) is 0 Å². The highest BCUT2D eigenvalue weighted by molar-refractivity contribution is 7.13. The predicted octanol–water partition coefficient (Wildman–Crippen LogP) is 2.47. The first-order valence-corrected chi connectivity index (χ1v) is 6.03. The molecule has 0 radical (unpaired) electrons. The number of nitrogens with one attached hydrogen (secondary N) is 1. The molecule has 0 saturated heterocycles. The van der Waals surface area contributed by atoms with Gasteiger partial charge in [0.15, 0.2) is 16.8 Å². The Hall–Kier alpha value is -2.02. The second kappa shape index (κ2) is 4.02. The summed E-state index contributed by atoms with van der Waals surface area (Å²) in [6, 6.07) is 2.16. The van der Waals surface area contributed by atoms with E-state index in [0.29, 0.717) is 28.4 Å². The Labute approximate surface area is 104 Å². The minimum Gasteiger partial charge on any atom is -0.375 e. The summed E-state index contributed by atoms with van der Waals surface area (Å²) in [6.45, 7) is 0. The van der Waals surface area contributed by atoms with Gasteiger partial charge in [0.2, 0.25) is 0 Å². The summed E-state index contributed by atoms with van der Waals surface area (Å²) in [5, 5.41) is 2.31. The molecule has 0 aliphatic carbocycles. The Kier molecular flexibility index (Phi) is 2.48. The van der Waals surface area contributed by atoms with Crippen LogP contribution in [0.4, 0.5) is 13.9 Å². The van der Waals surface area contributed by atoms with Crippen molar-refractivity contribution >= 4 is 27.5 Å². The second-order valence-corrected chi connectivity index (χ2v) is 4.71. The van der Waals surface area contributed by atoms with E-state index in [0.717, 1.165) is 17.8 Å². The Balaban J connectivity index is 1.98. The van der Waals surface area contributed by atoms with E-state index < -0.39 is 11.6 Å². The minimum absolute atomic E-state index is 0.395. The van der Waals surface area contributed by atoms with Crippen LogP contribution in [0.3, 0.4) is 0 Å². The van der Waals surface area contributed by atoms with Crippen molar-refractivity contribution in [2.45, 2.75) is 6.42 Å². The van der Waals surface area contributed by atoms with Crippen LogP contribution in [0.1, 0.15) is 11.5 Å². The van der Waals surface area contributed by atoms with Crippen LogP contribution in [0.15, 0.2) is 17.5 Å². The van der Waals surface area contributed by atoms with E-state index in [4.69, 9.17) is 5.73 Å². The maximum atomic E-state index is 13.0. The van der Waals surface area contributed by atoms with E-state index in [-0.39, 0.29) is 0 Å². The van der Waals surface area contributed by atoms with Gasteiger partial charge >= 0.3 is 0 Å². The van der Waals surface area contributed by atoms with Gasteiger partial charge in [-0.3, -0.25) is 0 Å². The SMILES string of the molecule is Nc1nc(Cc2nc3cc(F)c(F)cc3[nH]2)cs1. The molecular formula is C11H8F2N4S. The van der Waals surface area contributed by atoms with E-state index in [1.165, 1.54) is 11.3 Å². The lowest BCUT2D eigenvalue weighted by Crippen LogP contribution is -1.91. The van der Waals surface area contributed by atoms with Gasteiger partial charge in [-0.05, 0) is 0 Å². The molecule has 7 heteroatoms. The zero-order valence-corrected chi connectivity index (χ0v) is 9.89. The maximum Gasteiger partial charge on any atom is 0.180 e. The van der Waals surface area contributed by atoms with Gasteiger partial charge in [-0.25, -0.2) is 18.7 Å². The van der Waals surface area contributed by atoms with Gasteiger partial charge in [-0.15, -0.1) is 11.3 Å². The summed E-state index contributed by atoms with van der Waals surface area (Å²) in [6.07, 6.45) is 0.450. The lowest BCUT2D eigenvalue weighted by molar-refractivity contribution is 0.510. The summed E-state index contributed by atoms with van der Waals surface area (Å²) in [5.41, 5.74) is 7.16. The maximum absolute atomic E-state index is 13.0. The van der Waals surface area contributed by atoms with E-state index in [2.05, 4.69) is 15.0 Å². The van der Waals surface area contributed by atoms with Gasteiger partial charge in [-0.2, -0.15) is 0 Å². The molecule has 4 nitrogen and oxygen atoms in total. The number of anilines is 1. The van der Waals surface area contributed by atoms with Crippen LogP contribution in [0.25, 0.3) is 11.0 Å². The highest BCUT2D eigenvalue weighted by Gasteiger charge is 2.10. The van der Waals surface area contributed by atoms with Gasteiger partial charge in [-0.1, -0.05) is 0 Å². The number of nitrogen functional groups attached to an aromatic ring is 1. The standard InChI is InChI=1S/C11H8F2N4S/c12-6-2-8-9(3-7(6)13)17-10(16-8)1-5-4-18-11(14)15-5/h2-4H,1H2,(H2,14,15)(H,16,17). The predicted molar refractivity (Wildman–Crippen MR) is 65.3 cm³/mol. The number of nitrogens with zero attached hydrogens (tertiary/aromatic N) is 2. The molecule has 0 aliphatic heterocycles. The fourth-order valence-corrected chi connectivity index (χ4v) is 2.28. The second-order valence-electron chi connectivity index (χ2n) is 3.82. The third-order valence-corrected chi connectivity index (χ3v) is 3.21. The van der Waals surface area contributed by atoms with Gasteiger partial charge in [0, 0.05) is 23.9 Å². The van der Waals surface area contributed by atoms with E-state index in [1.54, 1.807) is 0 Å². The Morgan fingerprint density at radius 2 is 2.00 bits per heavy atom. The first kappa shape index (κ1) is 11.1. The van der Waals surface area contributed by atoms with Crippen LogP contribution in [0.5, 0.6) is 0 Å². The van der Waals surface area contributed by atoms with Crippen molar-refractivity contribution in [2.75, 3.05) is 5.73 Å². The summed E-state index contributed by atoms with van der Waals surface area (Å²) in [4.78, 5) is 11.2. The normalized spacial score (nSPS) is 11.2. The Morgan fingerprint density at radius 3 is 2.72 bits per heavy atom. The average molecular weight is 266 g/mol. The number of fused-ring (bicyclic) bond motifs is 1. The zero-order chi connectivity index (χ0) is 12.7. The number of benzene rings is 1. The van der Waals surface area contributed by atoms with Crippen LogP contribution in [-0.4, -0.2) is 15.0 Å². The van der Waals surface area contributed by atoms with Crippen molar-refractivity contribution in [1.29, 1.82) is 0 Å². The Morgan fingerprint density at radius 1 is 1.22 bits per heavy atom. The highest BCUT2D eigenvalue weighted by atomic mass is 32.1. The number of rotatable bonds is 2. The number of H-pyrrole nitrogens is 1. The van der Waals surface area contributed by atoms with E-state index in [9.17, 15) is 8.78 Å². The van der Waals surface area contributed by atoms with Crippen LogP contribution in [-0.2, 0) is 6.42 Å². The lowest BCUT2D eigenvalue weighted by atomic mass is 10.3. The zero-order valence-electron chi connectivity index (χ0n) is 9.08. The largest absolute Gasteiger partial charge is 0.375 e. The number of aromatic nitrogens is 3. The lowest BCUT2D eigenvalue weighted by Gasteiger charge is -1.90. The molecular weight excluding hydrogens is 258 g/mol. The van der Waals surface area contributed by atoms with Crippen molar-refractivity contribution < 1.29 is 8.78 Å². The van der Waals surface area contributed by atoms with Gasteiger partial charge in [0.1, 0.15) is 5.82 Å². The molecule has 0 fully saturated rings. The number of hydrogen-bond donors (Lipinski definition) is 2. The van der Waals surface area contributed by atoms with Gasteiger partial charge in [0.05, 0.1) is 16.7 Å². The third kappa shape index (κ3) is 1.92. The molecule has 92 valence electrons. The van der Waals surface area contributed by atoms with Crippen molar-refractivity contribution in [1.82, 2.24) is 15.0 Å². The van der Waals surface area contributed by atoms with Gasteiger partial charge < -0.3 is 10.7 Å². The molecule has 0 unspecified atom stereocenters. The number of thiazole rings is 1. The molecule has 2 aromatic heterocycles.